The third-order valence-corrected chi connectivity index (χ3v) is 3.66. The van der Waals surface area contributed by atoms with Gasteiger partial charge in [0.1, 0.15) is 5.60 Å². The smallest absolute Gasteiger partial charge is 0.407 e. The molecule has 4 nitrogen and oxygen atoms in total. The van der Waals surface area contributed by atoms with Gasteiger partial charge in [0, 0.05) is 12.6 Å². The van der Waals surface area contributed by atoms with Crippen LogP contribution in [0.5, 0.6) is 0 Å². The Morgan fingerprint density at radius 1 is 1.42 bits per heavy atom. The van der Waals surface area contributed by atoms with Gasteiger partial charge < -0.3 is 15.4 Å². The highest BCUT2D eigenvalue weighted by molar-refractivity contribution is 7.98. The van der Waals surface area contributed by atoms with Crippen molar-refractivity contribution in [3.8, 4) is 0 Å². The second kappa shape index (κ2) is 8.00. The molecule has 5 heteroatoms. The lowest BCUT2D eigenvalue weighted by atomic mass is 10.2. The lowest BCUT2D eigenvalue weighted by Gasteiger charge is -2.24. The maximum atomic E-state index is 11.8. The summed E-state index contributed by atoms with van der Waals surface area (Å²) >= 11 is 1.87. The fourth-order valence-corrected chi connectivity index (χ4v) is 2.33. The molecule has 1 fully saturated rings. The lowest BCUT2D eigenvalue weighted by Crippen LogP contribution is -2.45. The zero-order valence-corrected chi connectivity index (χ0v) is 13.4. The molecule has 1 atom stereocenters. The van der Waals surface area contributed by atoms with Gasteiger partial charge in [-0.05, 0) is 64.5 Å². The Kier molecular flexibility index (Phi) is 7.00. The summed E-state index contributed by atoms with van der Waals surface area (Å²) in [6.07, 6.45) is 5.43. The quantitative estimate of drug-likeness (QED) is 0.674. The summed E-state index contributed by atoms with van der Waals surface area (Å²) in [5.74, 6) is 1.81. The van der Waals surface area contributed by atoms with Gasteiger partial charge in [-0.3, -0.25) is 0 Å². The molecule has 1 unspecified atom stereocenters. The number of hydrogen-bond donors (Lipinski definition) is 2. The van der Waals surface area contributed by atoms with Crippen molar-refractivity contribution in [2.24, 2.45) is 5.92 Å². The molecule has 0 radical (unpaired) electrons. The minimum Gasteiger partial charge on any atom is -0.444 e. The van der Waals surface area contributed by atoms with Gasteiger partial charge in [-0.1, -0.05) is 0 Å². The van der Waals surface area contributed by atoms with Crippen molar-refractivity contribution in [2.45, 2.75) is 51.7 Å². The highest BCUT2D eigenvalue weighted by atomic mass is 32.2. The molecule has 0 aromatic carbocycles. The Morgan fingerprint density at radius 2 is 2.11 bits per heavy atom. The average molecular weight is 288 g/mol. The Balaban J connectivity index is 2.23. The molecule has 0 aromatic rings. The summed E-state index contributed by atoms with van der Waals surface area (Å²) < 4.78 is 5.31. The third kappa shape index (κ3) is 8.37. The molecule has 2 N–H and O–H groups in total. The van der Waals surface area contributed by atoms with Gasteiger partial charge in [-0.2, -0.15) is 11.8 Å². The highest BCUT2D eigenvalue weighted by Crippen LogP contribution is 2.32. The number of thioether (sulfide) groups is 1. The Labute approximate surface area is 121 Å². The standard InChI is InChI=1S/C14H28N2O2S/c1-14(2,3)18-13(17)16-12(11-6-7-11)10-15-8-5-9-19-4/h11-12,15H,5-10H2,1-4H3,(H,16,17). The molecule has 0 bridgehead atoms. The maximum Gasteiger partial charge on any atom is 0.407 e. The van der Waals surface area contributed by atoms with E-state index < -0.39 is 5.60 Å². The van der Waals surface area contributed by atoms with Gasteiger partial charge in [-0.25, -0.2) is 4.79 Å². The van der Waals surface area contributed by atoms with Gasteiger partial charge in [0.05, 0.1) is 0 Å². The molecule has 1 saturated carbocycles. The summed E-state index contributed by atoms with van der Waals surface area (Å²) in [6, 6.07) is 0.212. The van der Waals surface area contributed by atoms with Crippen LogP contribution in [-0.2, 0) is 4.74 Å². The van der Waals surface area contributed by atoms with Crippen LogP contribution in [0.25, 0.3) is 0 Å². The first-order valence-corrected chi connectivity index (χ1v) is 8.51. The summed E-state index contributed by atoms with van der Waals surface area (Å²) in [4.78, 5) is 11.8. The fraction of sp³-hybridized carbons (Fsp3) is 0.929. The second-order valence-electron chi connectivity index (χ2n) is 6.14. The number of carbonyl (C=O) groups excluding carboxylic acids is 1. The van der Waals surface area contributed by atoms with Gasteiger partial charge >= 0.3 is 6.09 Å². The van der Waals surface area contributed by atoms with Crippen LogP contribution in [-0.4, -0.2) is 42.8 Å². The predicted octanol–water partition coefficient (Wildman–Crippen LogP) is 2.63. The van der Waals surface area contributed by atoms with Crippen LogP contribution in [0.1, 0.15) is 40.0 Å². The molecule has 0 saturated heterocycles. The topological polar surface area (TPSA) is 50.4 Å². The number of rotatable bonds is 8. The molecule has 1 aliphatic carbocycles. The number of nitrogens with one attached hydrogen (secondary N) is 2. The van der Waals surface area contributed by atoms with Crippen molar-refractivity contribution in [1.29, 1.82) is 0 Å². The lowest BCUT2D eigenvalue weighted by molar-refractivity contribution is 0.0497. The molecule has 112 valence electrons. The summed E-state index contributed by atoms with van der Waals surface area (Å²) in [6.45, 7) is 7.52. The largest absolute Gasteiger partial charge is 0.444 e. The van der Waals surface area contributed by atoms with E-state index in [4.69, 9.17) is 4.74 Å². The molecule has 0 heterocycles. The maximum absolute atomic E-state index is 11.8. The van der Waals surface area contributed by atoms with E-state index in [2.05, 4.69) is 16.9 Å². The second-order valence-corrected chi connectivity index (χ2v) is 7.13. The molecule has 1 aliphatic rings. The van der Waals surface area contributed by atoms with Gasteiger partial charge in [0.15, 0.2) is 0 Å². The minimum atomic E-state index is -0.427. The minimum absolute atomic E-state index is 0.212. The summed E-state index contributed by atoms with van der Waals surface area (Å²) in [5.41, 5.74) is -0.427. The van der Waals surface area contributed by atoms with Crippen LogP contribution in [0.4, 0.5) is 4.79 Å². The molecular formula is C14H28N2O2S. The van der Waals surface area contributed by atoms with E-state index in [9.17, 15) is 4.79 Å². The van der Waals surface area contributed by atoms with Gasteiger partial charge in [0.2, 0.25) is 0 Å². The van der Waals surface area contributed by atoms with E-state index in [1.165, 1.54) is 25.0 Å². The molecular weight excluding hydrogens is 260 g/mol. The molecule has 0 spiro atoms. The van der Waals surface area contributed by atoms with E-state index >= 15 is 0 Å². The number of hydrogen-bond acceptors (Lipinski definition) is 4. The van der Waals surface area contributed by atoms with Crippen LogP contribution < -0.4 is 10.6 Å². The Bertz CT molecular complexity index is 275. The van der Waals surface area contributed by atoms with Crippen LogP contribution in [0.2, 0.25) is 0 Å². The third-order valence-electron chi connectivity index (χ3n) is 2.96. The zero-order valence-electron chi connectivity index (χ0n) is 12.6. The first-order chi connectivity index (χ1) is 8.92. The van der Waals surface area contributed by atoms with E-state index in [1.54, 1.807) is 0 Å². The molecule has 1 rings (SSSR count). The van der Waals surface area contributed by atoms with Gasteiger partial charge in [-0.15, -0.1) is 0 Å². The summed E-state index contributed by atoms with van der Waals surface area (Å²) in [7, 11) is 0. The molecule has 19 heavy (non-hydrogen) atoms. The van der Waals surface area contributed by atoms with E-state index in [0.717, 1.165) is 13.1 Å². The molecule has 1 amide bonds. The number of carbonyl (C=O) groups is 1. The number of amides is 1. The van der Waals surface area contributed by atoms with Crippen LogP contribution in [0.15, 0.2) is 0 Å². The van der Waals surface area contributed by atoms with Crippen molar-refractivity contribution in [2.75, 3.05) is 25.1 Å². The van der Waals surface area contributed by atoms with Crippen molar-refractivity contribution in [1.82, 2.24) is 10.6 Å². The normalized spacial score (nSPS) is 17.1. The zero-order chi connectivity index (χ0) is 14.3. The average Bonchev–Trinajstić information content (AvgIpc) is 3.08. The molecule has 0 aliphatic heterocycles. The molecule has 0 aromatic heterocycles. The summed E-state index contributed by atoms with van der Waals surface area (Å²) in [5, 5.41) is 6.42. The fourth-order valence-electron chi connectivity index (χ4n) is 1.89. The van der Waals surface area contributed by atoms with E-state index in [-0.39, 0.29) is 12.1 Å². The van der Waals surface area contributed by atoms with Crippen molar-refractivity contribution >= 4 is 17.9 Å². The first-order valence-electron chi connectivity index (χ1n) is 7.11. The van der Waals surface area contributed by atoms with Crippen LogP contribution in [0, 0.1) is 5.92 Å². The number of ether oxygens (including phenoxy) is 1. The predicted molar refractivity (Wildman–Crippen MR) is 81.8 cm³/mol. The monoisotopic (exact) mass is 288 g/mol. The van der Waals surface area contributed by atoms with Crippen molar-refractivity contribution < 1.29 is 9.53 Å². The van der Waals surface area contributed by atoms with Crippen LogP contribution in [0.3, 0.4) is 0 Å². The highest BCUT2D eigenvalue weighted by Gasteiger charge is 2.32. The Hall–Kier alpha value is -0.420. The number of alkyl carbamates (subject to hydrolysis) is 1. The SMILES string of the molecule is CSCCCNCC(NC(=O)OC(C)(C)C)C1CC1. The van der Waals surface area contributed by atoms with Gasteiger partial charge in [0.25, 0.3) is 0 Å². The van der Waals surface area contributed by atoms with Crippen molar-refractivity contribution in [3.63, 3.8) is 0 Å². The van der Waals surface area contributed by atoms with E-state index in [0.29, 0.717) is 5.92 Å². The Morgan fingerprint density at radius 3 is 2.63 bits per heavy atom. The van der Waals surface area contributed by atoms with Crippen molar-refractivity contribution in [3.05, 3.63) is 0 Å². The first kappa shape index (κ1) is 16.6. The van der Waals surface area contributed by atoms with Crippen LogP contribution >= 0.6 is 11.8 Å². The van der Waals surface area contributed by atoms with E-state index in [1.807, 2.05) is 32.5 Å².